The summed E-state index contributed by atoms with van der Waals surface area (Å²) < 4.78 is 11.2. The van der Waals surface area contributed by atoms with Crippen molar-refractivity contribution in [1.29, 1.82) is 0 Å². The van der Waals surface area contributed by atoms with Gasteiger partial charge in [0.2, 0.25) is 11.8 Å². The van der Waals surface area contributed by atoms with E-state index in [1.54, 1.807) is 30.0 Å². The first kappa shape index (κ1) is 25.2. The van der Waals surface area contributed by atoms with Crippen LogP contribution >= 0.6 is 23.2 Å². The number of carbonyl (C=O) groups excluding carboxylic acids is 2. The minimum atomic E-state index is -0.677. The van der Waals surface area contributed by atoms with E-state index in [1.165, 1.54) is 0 Å². The van der Waals surface area contributed by atoms with E-state index in [1.807, 2.05) is 32.0 Å². The Morgan fingerprint density at radius 1 is 1.03 bits per heavy atom. The number of nitrogens with one attached hydrogen (secondary N) is 1. The predicted octanol–water partition coefficient (Wildman–Crippen LogP) is 4.89. The lowest BCUT2D eigenvalue weighted by atomic mass is 10.1. The quantitative estimate of drug-likeness (QED) is 0.541. The second-order valence-corrected chi connectivity index (χ2v) is 9.33. The molecule has 0 aliphatic carbocycles. The van der Waals surface area contributed by atoms with Crippen LogP contribution in [0.4, 0.5) is 0 Å². The molecule has 3 rings (SSSR count). The predicted molar refractivity (Wildman–Crippen MR) is 130 cm³/mol. The molecular weight excluding hydrogens is 463 g/mol. The summed E-state index contributed by atoms with van der Waals surface area (Å²) in [7, 11) is 0. The van der Waals surface area contributed by atoms with Crippen LogP contribution in [0.5, 0.6) is 11.5 Å². The van der Waals surface area contributed by atoms with Crippen molar-refractivity contribution < 1.29 is 19.1 Å². The summed E-state index contributed by atoms with van der Waals surface area (Å²) in [5.74, 6) is 1.33. The standard InChI is InChI=1S/C25H30Cl2N2O4/c1-16(2)14-28-25(31)17(3)29(15-19-20(26)5-4-6-21(19)27)24(30)10-8-18-7-9-22-23(13-18)33-12-11-32-22/h4-7,9,13,16-17H,8,10-12,14-15H2,1-3H3,(H,28,31). The van der Waals surface area contributed by atoms with E-state index in [9.17, 15) is 9.59 Å². The highest BCUT2D eigenvalue weighted by molar-refractivity contribution is 6.36. The minimum Gasteiger partial charge on any atom is -0.486 e. The number of fused-ring (bicyclic) bond motifs is 1. The van der Waals surface area contributed by atoms with Crippen molar-refractivity contribution in [3.05, 3.63) is 57.6 Å². The van der Waals surface area contributed by atoms with Gasteiger partial charge in [0.15, 0.2) is 11.5 Å². The van der Waals surface area contributed by atoms with Crippen LogP contribution in [-0.4, -0.2) is 42.5 Å². The monoisotopic (exact) mass is 492 g/mol. The molecule has 0 fully saturated rings. The lowest BCUT2D eigenvalue weighted by Gasteiger charge is -2.30. The van der Waals surface area contributed by atoms with Crippen molar-refractivity contribution in [2.75, 3.05) is 19.8 Å². The minimum absolute atomic E-state index is 0.148. The zero-order valence-corrected chi connectivity index (χ0v) is 20.7. The fourth-order valence-electron chi connectivity index (χ4n) is 3.53. The van der Waals surface area contributed by atoms with Gasteiger partial charge in [0.1, 0.15) is 19.3 Å². The van der Waals surface area contributed by atoms with Crippen LogP contribution in [0.15, 0.2) is 36.4 Å². The average Bonchev–Trinajstić information content (AvgIpc) is 2.80. The molecule has 1 aliphatic heterocycles. The van der Waals surface area contributed by atoms with Gasteiger partial charge in [-0.25, -0.2) is 0 Å². The van der Waals surface area contributed by atoms with Gasteiger partial charge >= 0.3 is 0 Å². The zero-order chi connectivity index (χ0) is 24.0. The van der Waals surface area contributed by atoms with Crippen molar-refractivity contribution >= 4 is 35.0 Å². The number of hydrogen-bond donors (Lipinski definition) is 1. The normalized spacial score (nSPS) is 13.5. The van der Waals surface area contributed by atoms with Crippen LogP contribution in [0.2, 0.25) is 10.0 Å². The Bertz CT molecular complexity index is 976. The Labute approximate surface area is 205 Å². The summed E-state index contributed by atoms with van der Waals surface area (Å²) in [5.41, 5.74) is 1.58. The maximum absolute atomic E-state index is 13.3. The van der Waals surface area contributed by atoms with Crippen LogP contribution in [0.3, 0.4) is 0 Å². The second kappa shape index (κ2) is 11.6. The molecule has 1 unspecified atom stereocenters. The molecule has 0 spiro atoms. The maximum atomic E-state index is 13.3. The molecule has 0 radical (unpaired) electrons. The molecule has 8 heteroatoms. The molecule has 2 amide bonds. The van der Waals surface area contributed by atoms with Crippen LogP contribution in [0.25, 0.3) is 0 Å². The smallest absolute Gasteiger partial charge is 0.242 e. The molecule has 1 aliphatic rings. The van der Waals surface area contributed by atoms with Crippen molar-refractivity contribution in [2.45, 2.75) is 46.2 Å². The highest BCUT2D eigenvalue weighted by Gasteiger charge is 2.27. The topological polar surface area (TPSA) is 67.9 Å². The summed E-state index contributed by atoms with van der Waals surface area (Å²) in [6, 6.07) is 10.2. The summed E-state index contributed by atoms with van der Waals surface area (Å²) in [4.78, 5) is 27.6. The molecule has 178 valence electrons. The Morgan fingerprint density at radius 3 is 2.36 bits per heavy atom. The first-order valence-corrected chi connectivity index (χ1v) is 11.9. The Balaban J connectivity index is 1.75. The zero-order valence-electron chi connectivity index (χ0n) is 19.2. The van der Waals surface area contributed by atoms with Gasteiger partial charge in [-0.05, 0) is 49.1 Å². The molecular formula is C25H30Cl2N2O4. The maximum Gasteiger partial charge on any atom is 0.242 e. The molecule has 1 atom stereocenters. The first-order chi connectivity index (χ1) is 15.8. The summed E-state index contributed by atoms with van der Waals surface area (Å²) in [6.45, 7) is 7.48. The van der Waals surface area contributed by atoms with E-state index in [0.29, 0.717) is 59.2 Å². The molecule has 1 N–H and O–H groups in total. The van der Waals surface area contributed by atoms with Crippen molar-refractivity contribution in [1.82, 2.24) is 10.2 Å². The van der Waals surface area contributed by atoms with E-state index in [0.717, 1.165) is 5.56 Å². The van der Waals surface area contributed by atoms with Crippen molar-refractivity contribution in [3.63, 3.8) is 0 Å². The number of amides is 2. The van der Waals surface area contributed by atoms with Gasteiger partial charge in [0, 0.05) is 35.1 Å². The van der Waals surface area contributed by atoms with Crippen LogP contribution in [0.1, 0.15) is 38.3 Å². The number of nitrogens with zero attached hydrogens (tertiary/aromatic N) is 1. The molecule has 0 saturated carbocycles. The Hall–Kier alpha value is -2.44. The number of aryl methyl sites for hydroxylation is 1. The summed E-state index contributed by atoms with van der Waals surface area (Å²) in [6.07, 6.45) is 0.728. The number of rotatable bonds is 9. The number of benzene rings is 2. The van der Waals surface area contributed by atoms with Gasteiger partial charge < -0.3 is 19.7 Å². The van der Waals surface area contributed by atoms with E-state index in [4.69, 9.17) is 32.7 Å². The number of halogens is 2. The fourth-order valence-corrected chi connectivity index (χ4v) is 4.04. The van der Waals surface area contributed by atoms with E-state index in [-0.39, 0.29) is 24.8 Å². The third kappa shape index (κ3) is 6.78. The lowest BCUT2D eigenvalue weighted by Crippen LogP contribution is -2.48. The Morgan fingerprint density at radius 2 is 1.70 bits per heavy atom. The van der Waals surface area contributed by atoms with Crippen LogP contribution in [0, 0.1) is 5.92 Å². The highest BCUT2D eigenvalue weighted by Crippen LogP contribution is 2.31. The van der Waals surface area contributed by atoms with E-state index >= 15 is 0 Å². The lowest BCUT2D eigenvalue weighted by molar-refractivity contribution is -0.140. The molecule has 33 heavy (non-hydrogen) atoms. The van der Waals surface area contributed by atoms with Crippen molar-refractivity contribution in [3.8, 4) is 11.5 Å². The average molecular weight is 493 g/mol. The highest BCUT2D eigenvalue weighted by atomic mass is 35.5. The van der Waals surface area contributed by atoms with Gasteiger partial charge in [-0.2, -0.15) is 0 Å². The summed E-state index contributed by atoms with van der Waals surface area (Å²) >= 11 is 12.7. The molecule has 0 aromatic heterocycles. The second-order valence-electron chi connectivity index (χ2n) is 8.51. The number of ether oxygens (including phenoxy) is 2. The molecule has 1 heterocycles. The van der Waals surface area contributed by atoms with E-state index < -0.39 is 6.04 Å². The van der Waals surface area contributed by atoms with E-state index in [2.05, 4.69) is 5.32 Å². The van der Waals surface area contributed by atoms with Crippen molar-refractivity contribution in [2.24, 2.45) is 5.92 Å². The van der Waals surface area contributed by atoms with Gasteiger partial charge in [-0.3, -0.25) is 9.59 Å². The molecule has 2 aromatic carbocycles. The van der Waals surface area contributed by atoms with Gasteiger partial charge in [0.25, 0.3) is 0 Å². The first-order valence-electron chi connectivity index (χ1n) is 11.1. The third-order valence-corrected chi connectivity index (χ3v) is 6.18. The molecule has 0 bridgehead atoms. The molecule has 6 nitrogen and oxygen atoms in total. The van der Waals surface area contributed by atoms with Crippen LogP contribution < -0.4 is 14.8 Å². The summed E-state index contributed by atoms with van der Waals surface area (Å²) in [5, 5.41) is 3.83. The van der Waals surface area contributed by atoms with Gasteiger partial charge in [-0.1, -0.05) is 49.2 Å². The largest absolute Gasteiger partial charge is 0.486 e. The number of hydrogen-bond acceptors (Lipinski definition) is 4. The van der Waals surface area contributed by atoms with Crippen LogP contribution in [-0.2, 0) is 22.6 Å². The molecule has 0 saturated heterocycles. The molecule has 2 aromatic rings. The van der Waals surface area contributed by atoms with Gasteiger partial charge in [-0.15, -0.1) is 0 Å². The van der Waals surface area contributed by atoms with Gasteiger partial charge in [0.05, 0.1) is 0 Å². The SMILES string of the molecule is CC(C)CNC(=O)C(C)N(Cc1c(Cl)cccc1Cl)C(=O)CCc1ccc2c(c1)OCCO2. The third-order valence-electron chi connectivity index (χ3n) is 5.48. The fraction of sp³-hybridized carbons (Fsp3) is 0.440. The number of carbonyl (C=O) groups is 2. The Kier molecular flexibility index (Phi) is 8.87.